The molecule has 19 heavy (non-hydrogen) atoms. The first kappa shape index (κ1) is 13.2. The van der Waals surface area contributed by atoms with Crippen LogP contribution in [0.5, 0.6) is 0 Å². The van der Waals surface area contributed by atoms with Crippen LogP contribution in [0.25, 0.3) is 0 Å². The van der Waals surface area contributed by atoms with Crippen LogP contribution in [0.15, 0.2) is 29.6 Å². The number of nitro groups is 1. The van der Waals surface area contributed by atoms with Crippen LogP contribution in [-0.4, -0.2) is 10.8 Å². The molecule has 2 rings (SSSR count). The normalized spacial score (nSPS) is 10.2. The van der Waals surface area contributed by atoms with Gasteiger partial charge in [0.2, 0.25) is 0 Å². The lowest BCUT2D eigenvalue weighted by Crippen LogP contribution is -2.12. The second kappa shape index (κ2) is 5.19. The molecule has 0 fully saturated rings. The zero-order valence-electron chi connectivity index (χ0n) is 10.5. The Morgan fingerprint density at radius 3 is 2.63 bits per heavy atom. The summed E-state index contributed by atoms with van der Waals surface area (Å²) in [6.07, 6.45) is 0. The summed E-state index contributed by atoms with van der Waals surface area (Å²) in [7, 11) is 0. The van der Waals surface area contributed by atoms with Crippen LogP contribution in [0, 0.1) is 24.0 Å². The molecule has 0 aliphatic heterocycles. The molecule has 0 saturated heterocycles. The summed E-state index contributed by atoms with van der Waals surface area (Å²) in [4.78, 5) is 23.1. The number of aryl methyl sites for hydroxylation is 1. The van der Waals surface area contributed by atoms with E-state index in [9.17, 15) is 14.9 Å². The Balaban J connectivity index is 2.30. The number of nitrogens with zero attached hydrogens (tertiary/aromatic N) is 1. The van der Waals surface area contributed by atoms with Gasteiger partial charge in [-0.1, -0.05) is 6.07 Å². The van der Waals surface area contributed by atoms with E-state index in [1.807, 2.05) is 18.4 Å². The van der Waals surface area contributed by atoms with Gasteiger partial charge >= 0.3 is 0 Å². The molecule has 0 spiro atoms. The van der Waals surface area contributed by atoms with Crippen LogP contribution in [0.4, 0.5) is 11.4 Å². The summed E-state index contributed by atoms with van der Waals surface area (Å²) >= 11 is 1.35. The van der Waals surface area contributed by atoms with Crippen molar-refractivity contribution in [1.82, 2.24) is 0 Å². The fraction of sp³-hybridized carbons (Fsp3) is 0.154. The van der Waals surface area contributed by atoms with Gasteiger partial charge in [0, 0.05) is 6.07 Å². The van der Waals surface area contributed by atoms with Gasteiger partial charge in [-0.05, 0) is 36.9 Å². The Kier molecular flexibility index (Phi) is 3.62. The van der Waals surface area contributed by atoms with Gasteiger partial charge in [-0.15, -0.1) is 11.3 Å². The highest BCUT2D eigenvalue weighted by molar-refractivity contribution is 7.12. The minimum Gasteiger partial charge on any atom is -0.321 e. The number of anilines is 1. The third-order valence-electron chi connectivity index (χ3n) is 2.82. The second-order valence-corrected chi connectivity index (χ2v) is 5.01. The van der Waals surface area contributed by atoms with Crippen molar-refractivity contribution in [3.63, 3.8) is 0 Å². The lowest BCUT2D eigenvalue weighted by Gasteiger charge is -2.08. The Bertz CT molecular complexity index is 649. The summed E-state index contributed by atoms with van der Waals surface area (Å²) in [5.41, 5.74) is 1.81. The van der Waals surface area contributed by atoms with Crippen molar-refractivity contribution in [2.75, 3.05) is 5.32 Å². The van der Waals surface area contributed by atoms with E-state index >= 15 is 0 Å². The largest absolute Gasteiger partial charge is 0.321 e. The Labute approximate surface area is 114 Å². The third kappa shape index (κ3) is 2.63. The van der Waals surface area contributed by atoms with E-state index in [2.05, 4.69) is 5.32 Å². The zero-order chi connectivity index (χ0) is 14.0. The van der Waals surface area contributed by atoms with Gasteiger partial charge in [0.1, 0.15) is 0 Å². The Morgan fingerprint density at radius 2 is 2.05 bits per heavy atom. The minimum atomic E-state index is -0.457. The monoisotopic (exact) mass is 276 g/mol. The van der Waals surface area contributed by atoms with Gasteiger partial charge in [0.05, 0.1) is 21.1 Å². The molecule has 0 unspecified atom stereocenters. The maximum atomic E-state index is 12.1. The number of thiophene rings is 1. The van der Waals surface area contributed by atoms with E-state index in [1.165, 1.54) is 17.4 Å². The molecule has 0 aliphatic carbocycles. The summed E-state index contributed by atoms with van der Waals surface area (Å²) in [5.74, 6) is -0.240. The number of rotatable bonds is 3. The lowest BCUT2D eigenvalue weighted by molar-refractivity contribution is -0.385. The molecule has 1 aromatic heterocycles. The van der Waals surface area contributed by atoms with Crippen molar-refractivity contribution in [2.24, 2.45) is 0 Å². The Morgan fingerprint density at radius 1 is 1.32 bits per heavy atom. The molecule has 0 radical (unpaired) electrons. The molecule has 98 valence electrons. The van der Waals surface area contributed by atoms with E-state index < -0.39 is 4.92 Å². The van der Waals surface area contributed by atoms with Crippen molar-refractivity contribution >= 4 is 28.6 Å². The summed E-state index contributed by atoms with van der Waals surface area (Å²) in [6.45, 7) is 3.47. The standard InChI is InChI=1S/C13H12N2O3S/c1-8-6-7-19-12(8)13(16)14-10-4-3-5-11(9(10)2)15(17)18/h3-7H,1-2H3,(H,14,16). The zero-order valence-corrected chi connectivity index (χ0v) is 11.3. The second-order valence-electron chi connectivity index (χ2n) is 4.09. The van der Waals surface area contributed by atoms with Crippen LogP contribution >= 0.6 is 11.3 Å². The maximum Gasteiger partial charge on any atom is 0.274 e. The molecule has 6 heteroatoms. The molecule has 1 N–H and O–H groups in total. The molecule has 0 aliphatic rings. The Hall–Kier alpha value is -2.21. The van der Waals surface area contributed by atoms with Gasteiger partial charge in [-0.2, -0.15) is 0 Å². The molecule has 1 heterocycles. The number of hydrogen-bond donors (Lipinski definition) is 1. The fourth-order valence-electron chi connectivity index (χ4n) is 1.74. The maximum absolute atomic E-state index is 12.1. The van der Waals surface area contributed by atoms with Crippen molar-refractivity contribution in [2.45, 2.75) is 13.8 Å². The van der Waals surface area contributed by atoms with Gasteiger partial charge in [-0.25, -0.2) is 0 Å². The van der Waals surface area contributed by atoms with Gasteiger partial charge in [-0.3, -0.25) is 14.9 Å². The van der Waals surface area contributed by atoms with E-state index in [1.54, 1.807) is 19.1 Å². The van der Waals surface area contributed by atoms with E-state index in [-0.39, 0.29) is 11.6 Å². The van der Waals surface area contributed by atoms with E-state index in [0.717, 1.165) is 5.56 Å². The average molecular weight is 276 g/mol. The predicted molar refractivity (Wildman–Crippen MR) is 74.8 cm³/mol. The van der Waals surface area contributed by atoms with Gasteiger partial charge in [0.25, 0.3) is 11.6 Å². The highest BCUT2D eigenvalue weighted by Crippen LogP contribution is 2.26. The summed E-state index contributed by atoms with van der Waals surface area (Å²) < 4.78 is 0. The fourth-order valence-corrected chi connectivity index (χ4v) is 2.56. The first-order valence-electron chi connectivity index (χ1n) is 5.60. The van der Waals surface area contributed by atoms with Crippen molar-refractivity contribution < 1.29 is 9.72 Å². The van der Waals surface area contributed by atoms with Gasteiger partial charge in [0.15, 0.2) is 0 Å². The average Bonchev–Trinajstić information content (AvgIpc) is 2.77. The van der Waals surface area contributed by atoms with Crippen LogP contribution < -0.4 is 5.32 Å². The number of hydrogen-bond acceptors (Lipinski definition) is 4. The van der Waals surface area contributed by atoms with Crippen molar-refractivity contribution in [3.8, 4) is 0 Å². The van der Waals surface area contributed by atoms with Crippen molar-refractivity contribution in [3.05, 3.63) is 55.8 Å². The number of carbonyl (C=O) groups excluding carboxylic acids is 1. The molecular formula is C13H12N2O3S. The number of nitro benzene ring substituents is 1. The minimum absolute atomic E-state index is 0.000650. The number of benzene rings is 1. The lowest BCUT2D eigenvalue weighted by atomic mass is 10.1. The molecule has 1 aromatic carbocycles. The highest BCUT2D eigenvalue weighted by atomic mass is 32.1. The number of amides is 1. The summed E-state index contributed by atoms with van der Waals surface area (Å²) in [5, 5.41) is 15.4. The molecule has 0 bridgehead atoms. The highest BCUT2D eigenvalue weighted by Gasteiger charge is 2.16. The molecular weight excluding hydrogens is 264 g/mol. The quantitative estimate of drug-likeness (QED) is 0.688. The summed E-state index contributed by atoms with van der Waals surface area (Å²) in [6, 6.07) is 6.49. The van der Waals surface area contributed by atoms with Crippen LogP contribution in [0.1, 0.15) is 20.8 Å². The van der Waals surface area contributed by atoms with E-state index in [4.69, 9.17) is 0 Å². The molecule has 1 amide bonds. The number of nitrogens with one attached hydrogen (secondary N) is 1. The smallest absolute Gasteiger partial charge is 0.274 e. The molecule has 0 atom stereocenters. The third-order valence-corrected chi connectivity index (χ3v) is 3.83. The van der Waals surface area contributed by atoms with Crippen LogP contribution in [0.3, 0.4) is 0 Å². The first-order chi connectivity index (χ1) is 9.00. The van der Waals surface area contributed by atoms with Crippen LogP contribution in [-0.2, 0) is 0 Å². The molecule has 5 nitrogen and oxygen atoms in total. The topological polar surface area (TPSA) is 72.2 Å². The SMILES string of the molecule is Cc1ccsc1C(=O)Nc1cccc([N+](=O)[O-])c1C. The van der Waals surface area contributed by atoms with Crippen molar-refractivity contribution in [1.29, 1.82) is 0 Å². The van der Waals surface area contributed by atoms with Crippen LogP contribution in [0.2, 0.25) is 0 Å². The van der Waals surface area contributed by atoms with Gasteiger partial charge < -0.3 is 5.32 Å². The number of carbonyl (C=O) groups is 1. The molecule has 2 aromatic rings. The predicted octanol–water partition coefficient (Wildman–Crippen LogP) is 3.53. The molecule has 0 saturated carbocycles. The van der Waals surface area contributed by atoms with E-state index in [0.29, 0.717) is 16.1 Å². The first-order valence-corrected chi connectivity index (χ1v) is 6.48.